The number of ether oxygens (including phenoxy) is 5. The molecule has 51 heavy (non-hydrogen) atoms. The number of esters is 1. The fourth-order valence-electron chi connectivity index (χ4n) is 5.53. The molecule has 0 spiro atoms. The van der Waals surface area contributed by atoms with Crippen molar-refractivity contribution in [1.82, 2.24) is 0 Å². The minimum absolute atomic E-state index is 0.00370. The molecule has 0 aliphatic heterocycles. The van der Waals surface area contributed by atoms with Gasteiger partial charge in [-0.05, 0) is 47.0 Å². The maximum atomic E-state index is 13.1. The average molecular weight is 700 g/mol. The van der Waals surface area contributed by atoms with E-state index in [1.165, 1.54) is 18.2 Å². The molecule has 0 saturated heterocycles. The lowest BCUT2D eigenvalue weighted by atomic mass is 9.80. The van der Waals surface area contributed by atoms with Crippen LogP contribution in [0.2, 0.25) is 0 Å². The first-order chi connectivity index (χ1) is 24.9. The smallest absolute Gasteiger partial charge is 0.416 e. The summed E-state index contributed by atoms with van der Waals surface area (Å²) in [6.45, 7) is 2.25. The molecule has 0 bridgehead atoms. The number of anilines is 2. The standard InChI is InChI=1S/C41H40F3NO6/c42-41(43,44)35-19-12-20-36(31-35)45-38-22-11-10-21-37(38)39(46)50-29-27-48-25-23-47-24-26-49-28-30-51-40(32-13-4-1-5-14-32,33-15-6-2-7-16-33)34-17-8-3-9-18-34/h1-22,31,45H,23-30H2. The minimum atomic E-state index is -4.48. The number of benzene rings is 5. The first-order valence-corrected chi connectivity index (χ1v) is 16.6. The lowest BCUT2D eigenvalue weighted by Gasteiger charge is -2.36. The van der Waals surface area contributed by atoms with Crippen LogP contribution in [0.1, 0.15) is 32.6 Å². The van der Waals surface area contributed by atoms with Crippen molar-refractivity contribution in [1.29, 1.82) is 0 Å². The Hall–Kier alpha value is -5.00. The molecule has 0 fully saturated rings. The Balaban J connectivity index is 0.986. The molecule has 0 aliphatic carbocycles. The van der Waals surface area contributed by atoms with Crippen LogP contribution in [0.3, 0.4) is 0 Å². The highest BCUT2D eigenvalue weighted by Gasteiger charge is 2.37. The van der Waals surface area contributed by atoms with Crippen LogP contribution in [0, 0.1) is 0 Å². The summed E-state index contributed by atoms with van der Waals surface area (Å²) < 4.78 is 68.3. The van der Waals surface area contributed by atoms with Gasteiger partial charge >= 0.3 is 12.1 Å². The second-order valence-electron chi connectivity index (χ2n) is 11.3. The van der Waals surface area contributed by atoms with Crippen LogP contribution in [-0.4, -0.2) is 58.8 Å². The van der Waals surface area contributed by atoms with Crippen molar-refractivity contribution < 1.29 is 41.7 Å². The number of hydrogen-bond donors (Lipinski definition) is 1. The van der Waals surface area contributed by atoms with Gasteiger partial charge in [-0.1, -0.05) is 109 Å². The number of carbonyl (C=O) groups is 1. The molecule has 0 aromatic heterocycles. The highest BCUT2D eigenvalue weighted by atomic mass is 19.4. The van der Waals surface area contributed by atoms with Crippen LogP contribution >= 0.6 is 0 Å². The fraction of sp³-hybridized carbons (Fsp3) is 0.244. The van der Waals surface area contributed by atoms with Gasteiger partial charge in [-0.15, -0.1) is 0 Å². The van der Waals surface area contributed by atoms with Gasteiger partial charge in [0.05, 0.1) is 63.1 Å². The number of para-hydroxylation sites is 1. The van der Waals surface area contributed by atoms with Crippen molar-refractivity contribution in [2.45, 2.75) is 11.8 Å². The molecular weight excluding hydrogens is 659 g/mol. The van der Waals surface area contributed by atoms with E-state index >= 15 is 0 Å². The third kappa shape index (κ3) is 10.5. The number of hydrogen-bond acceptors (Lipinski definition) is 7. The molecule has 0 aliphatic rings. The van der Waals surface area contributed by atoms with E-state index in [1.807, 2.05) is 54.6 Å². The second kappa shape index (κ2) is 18.8. The highest BCUT2D eigenvalue weighted by molar-refractivity contribution is 5.96. The number of halogens is 3. The largest absolute Gasteiger partial charge is 0.460 e. The number of rotatable bonds is 19. The second-order valence-corrected chi connectivity index (χ2v) is 11.3. The summed E-state index contributed by atoms with van der Waals surface area (Å²) in [6.07, 6.45) is -4.48. The maximum absolute atomic E-state index is 13.1. The molecular formula is C41H40F3NO6. The zero-order chi connectivity index (χ0) is 35.8. The van der Waals surface area contributed by atoms with Crippen molar-refractivity contribution >= 4 is 17.3 Å². The predicted octanol–water partition coefficient (Wildman–Crippen LogP) is 8.66. The summed E-state index contributed by atoms with van der Waals surface area (Å²) in [4.78, 5) is 12.7. The zero-order valence-electron chi connectivity index (χ0n) is 28.0. The van der Waals surface area contributed by atoms with E-state index in [0.29, 0.717) is 45.3 Å². The first kappa shape index (κ1) is 37.3. The van der Waals surface area contributed by atoms with Crippen molar-refractivity contribution in [3.8, 4) is 0 Å². The van der Waals surface area contributed by atoms with Gasteiger partial charge in [0.2, 0.25) is 0 Å². The van der Waals surface area contributed by atoms with E-state index in [1.54, 1.807) is 18.2 Å². The molecule has 5 rings (SSSR count). The molecule has 5 aromatic carbocycles. The zero-order valence-corrected chi connectivity index (χ0v) is 28.0. The Bertz CT molecular complexity index is 1670. The third-order valence-electron chi connectivity index (χ3n) is 7.91. The summed E-state index contributed by atoms with van der Waals surface area (Å²) in [6, 6.07) is 41.7. The van der Waals surface area contributed by atoms with E-state index in [9.17, 15) is 18.0 Å². The first-order valence-electron chi connectivity index (χ1n) is 16.6. The van der Waals surface area contributed by atoms with Crippen molar-refractivity contribution in [3.63, 3.8) is 0 Å². The van der Waals surface area contributed by atoms with Crippen molar-refractivity contribution in [3.05, 3.63) is 167 Å². The lowest BCUT2D eigenvalue weighted by molar-refractivity contribution is -0.137. The van der Waals surface area contributed by atoms with Gasteiger partial charge in [-0.25, -0.2) is 4.79 Å². The molecule has 10 heteroatoms. The molecule has 0 saturated carbocycles. The van der Waals surface area contributed by atoms with Crippen LogP contribution in [-0.2, 0) is 35.5 Å². The fourth-order valence-corrected chi connectivity index (χ4v) is 5.53. The van der Waals surface area contributed by atoms with Crippen molar-refractivity contribution in [2.75, 3.05) is 58.2 Å². The average Bonchev–Trinajstić information content (AvgIpc) is 3.16. The summed E-state index contributed by atoms with van der Waals surface area (Å²) in [5.41, 5.74) is 2.19. The predicted molar refractivity (Wildman–Crippen MR) is 189 cm³/mol. The molecule has 7 nitrogen and oxygen atoms in total. The van der Waals surface area contributed by atoms with Crippen LogP contribution in [0.15, 0.2) is 140 Å². The Morgan fingerprint density at radius 3 is 1.49 bits per heavy atom. The minimum Gasteiger partial charge on any atom is -0.460 e. The quantitative estimate of drug-likeness (QED) is 0.0526. The normalized spacial score (nSPS) is 11.7. The lowest BCUT2D eigenvalue weighted by Crippen LogP contribution is -2.34. The molecule has 0 radical (unpaired) electrons. The number of carbonyl (C=O) groups excluding carboxylic acids is 1. The topological polar surface area (TPSA) is 75.3 Å². The van der Waals surface area contributed by atoms with Gasteiger partial charge in [-0.3, -0.25) is 0 Å². The Kier molecular flexibility index (Phi) is 13.8. The molecule has 1 N–H and O–H groups in total. The summed E-state index contributed by atoms with van der Waals surface area (Å²) in [7, 11) is 0. The van der Waals surface area contributed by atoms with Gasteiger partial charge < -0.3 is 29.0 Å². The number of alkyl halides is 3. The summed E-state index contributed by atoms with van der Waals surface area (Å²) in [5.74, 6) is -0.625. The molecule has 266 valence electrons. The number of nitrogens with one attached hydrogen (secondary N) is 1. The van der Waals surface area contributed by atoms with Gasteiger partial charge in [0, 0.05) is 5.69 Å². The Morgan fingerprint density at radius 2 is 0.961 bits per heavy atom. The van der Waals surface area contributed by atoms with Gasteiger partial charge in [-0.2, -0.15) is 13.2 Å². The summed E-state index contributed by atoms with van der Waals surface area (Å²) >= 11 is 0. The Morgan fingerprint density at radius 1 is 0.510 bits per heavy atom. The van der Waals surface area contributed by atoms with Crippen LogP contribution in [0.5, 0.6) is 0 Å². The van der Waals surface area contributed by atoms with Crippen molar-refractivity contribution in [2.24, 2.45) is 0 Å². The SMILES string of the molecule is O=C(OCCOCCOCCOCCOC(c1ccccc1)(c1ccccc1)c1ccccc1)c1ccccc1Nc1cccc(C(F)(F)F)c1. The molecule has 5 aromatic rings. The third-order valence-corrected chi connectivity index (χ3v) is 7.91. The van der Waals surface area contributed by atoms with E-state index in [4.69, 9.17) is 23.7 Å². The van der Waals surface area contributed by atoms with Crippen LogP contribution in [0.25, 0.3) is 0 Å². The Labute approximate surface area is 295 Å². The van der Waals surface area contributed by atoms with Gasteiger partial charge in [0.25, 0.3) is 0 Å². The van der Waals surface area contributed by atoms with E-state index in [2.05, 4.69) is 41.7 Å². The maximum Gasteiger partial charge on any atom is 0.416 e. The molecule has 0 atom stereocenters. The molecule has 0 amide bonds. The van der Waals surface area contributed by atoms with E-state index < -0.39 is 23.3 Å². The van der Waals surface area contributed by atoms with E-state index in [-0.39, 0.29) is 24.5 Å². The molecule has 0 unspecified atom stereocenters. The van der Waals surface area contributed by atoms with Gasteiger partial charge in [0.15, 0.2) is 0 Å². The van der Waals surface area contributed by atoms with Gasteiger partial charge in [0.1, 0.15) is 12.2 Å². The molecule has 0 heterocycles. The van der Waals surface area contributed by atoms with E-state index in [0.717, 1.165) is 28.8 Å². The van der Waals surface area contributed by atoms with Crippen LogP contribution in [0.4, 0.5) is 24.5 Å². The highest BCUT2D eigenvalue weighted by Crippen LogP contribution is 2.40. The van der Waals surface area contributed by atoms with Crippen LogP contribution < -0.4 is 5.32 Å². The summed E-state index contributed by atoms with van der Waals surface area (Å²) in [5, 5.41) is 2.87. The monoisotopic (exact) mass is 699 g/mol.